The molecular weight excluding hydrogens is 384 g/mol. The van der Waals surface area contributed by atoms with E-state index in [1.54, 1.807) is 32.2 Å². The van der Waals surface area contributed by atoms with Crippen LogP contribution in [-0.4, -0.2) is 28.7 Å². The highest BCUT2D eigenvalue weighted by atomic mass is 32.2. The smallest absolute Gasteiger partial charge is 0.340 e. The number of rotatable bonds is 6. The molecule has 1 atom stereocenters. The van der Waals surface area contributed by atoms with Crippen LogP contribution >= 0.6 is 23.1 Å². The molecule has 0 spiro atoms. The minimum atomic E-state index is -0.564. The molecule has 0 aliphatic heterocycles. The number of nitriles is 2. The third-order valence-corrected chi connectivity index (χ3v) is 5.41. The largest absolute Gasteiger partial charge is 0.462 e. The number of thioether (sulfide) groups is 1. The van der Waals surface area contributed by atoms with Crippen molar-refractivity contribution in [2.24, 2.45) is 0 Å². The summed E-state index contributed by atoms with van der Waals surface area (Å²) in [5.41, 5.74) is 1.25. The van der Waals surface area contributed by atoms with Gasteiger partial charge in [0.05, 0.1) is 34.2 Å². The first kappa shape index (κ1) is 20.4. The van der Waals surface area contributed by atoms with Crippen LogP contribution in [0.2, 0.25) is 0 Å². The zero-order chi connectivity index (χ0) is 20.0. The fraction of sp³-hybridized carbons (Fsp3) is 0.278. The number of carbonyl (C=O) groups excluding carboxylic acids is 2. The van der Waals surface area contributed by atoms with E-state index in [1.165, 1.54) is 17.4 Å². The molecule has 0 aliphatic rings. The number of carbonyl (C=O) groups is 2. The van der Waals surface area contributed by atoms with Crippen molar-refractivity contribution in [1.82, 2.24) is 4.98 Å². The predicted molar refractivity (Wildman–Crippen MR) is 103 cm³/mol. The Morgan fingerprint density at radius 1 is 1.37 bits per heavy atom. The molecule has 0 fully saturated rings. The van der Waals surface area contributed by atoms with Gasteiger partial charge in [0.1, 0.15) is 22.2 Å². The molecule has 2 heterocycles. The molecule has 1 amide bonds. The molecule has 0 bridgehead atoms. The van der Waals surface area contributed by atoms with Gasteiger partial charge < -0.3 is 10.1 Å². The Bertz CT molecular complexity index is 956. The van der Waals surface area contributed by atoms with Crippen molar-refractivity contribution in [3.05, 3.63) is 39.9 Å². The van der Waals surface area contributed by atoms with Crippen LogP contribution in [0.3, 0.4) is 0 Å². The van der Waals surface area contributed by atoms with E-state index in [-0.39, 0.29) is 23.6 Å². The number of ether oxygens (including phenoxy) is 1. The van der Waals surface area contributed by atoms with Crippen molar-refractivity contribution in [2.75, 3.05) is 11.9 Å². The minimum absolute atomic E-state index is 0.196. The molecule has 1 N–H and O–H groups in total. The van der Waals surface area contributed by atoms with Gasteiger partial charge in [-0.15, -0.1) is 11.3 Å². The number of esters is 1. The SMILES string of the molecule is CCOC(=O)c1cc(C#N)c(S[C@@H](C)C(=O)Nc2sccc2C#N)nc1C. The van der Waals surface area contributed by atoms with Crippen LogP contribution in [0.1, 0.15) is 41.0 Å². The Kier molecular flexibility index (Phi) is 6.94. The van der Waals surface area contributed by atoms with Crippen LogP contribution in [0, 0.1) is 29.6 Å². The molecule has 0 aliphatic carbocycles. The number of amides is 1. The normalized spacial score (nSPS) is 11.1. The van der Waals surface area contributed by atoms with Crippen molar-refractivity contribution < 1.29 is 14.3 Å². The average molecular weight is 400 g/mol. The lowest BCUT2D eigenvalue weighted by atomic mass is 10.1. The third-order valence-electron chi connectivity index (χ3n) is 3.47. The molecule has 2 aromatic heterocycles. The van der Waals surface area contributed by atoms with Crippen LogP contribution in [0.5, 0.6) is 0 Å². The highest BCUT2D eigenvalue weighted by Gasteiger charge is 2.21. The molecular formula is C18H16N4O3S2. The number of hydrogen-bond donors (Lipinski definition) is 1. The molecule has 0 unspecified atom stereocenters. The van der Waals surface area contributed by atoms with Crippen molar-refractivity contribution in [3.8, 4) is 12.1 Å². The number of nitrogens with zero attached hydrogens (tertiary/aromatic N) is 3. The zero-order valence-corrected chi connectivity index (χ0v) is 16.5. The number of aryl methyl sites for hydroxylation is 1. The van der Waals surface area contributed by atoms with Gasteiger partial charge in [0.25, 0.3) is 0 Å². The fourth-order valence-corrected chi connectivity index (χ4v) is 3.76. The van der Waals surface area contributed by atoms with Crippen LogP contribution in [0.15, 0.2) is 22.5 Å². The van der Waals surface area contributed by atoms with Crippen molar-refractivity contribution in [1.29, 1.82) is 10.5 Å². The summed E-state index contributed by atoms with van der Waals surface area (Å²) in [5.74, 6) is -0.847. The highest BCUT2D eigenvalue weighted by Crippen LogP contribution is 2.29. The minimum Gasteiger partial charge on any atom is -0.462 e. The number of anilines is 1. The summed E-state index contributed by atoms with van der Waals surface area (Å²) in [7, 11) is 0. The van der Waals surface area contributed by atoms with Gasteiger partial charge in [0.2, 0.25) is 5.91 Å². The summed E-state index contributed by atoms with van der Waals surface area (Å²) in [6.45, 7) is 5.24. The van der Waals surface area contributed by atoms with Gasteiger partial charge in [-0.1, -0.05) is 11.8 Å². The van der Waals surface area contributed by atoms with Gasteiger partial charge >= 0.3 is 5.97 Å². The van der Waals surface area contributed by atoms with Crippen molar-refractivity contribution >= 4 is 40.0 Å². The second-order valence-electron chi connectivity index (χ2n) is 5.33. The summed E-state index contributed by atoms with van der Waals surface area (Å²) in [4.78, 5) is 28.7. The van der Waals surface area contributed by atoms with Gasteiger partial charge in [-0.25, -0.2) is 9.78 Å². The molecule has 2 aromatic rings. The van der Waals surface area contributed by atoms with Crippen molar-refractivity contribution in [2.45, 2.75) is 31.0 Å². The zero-order valence-electron chi connectivity index (χ0n) is 14.9. The van der Waals surface area contributed by atoms with Crippen molar-refractivity contribution in [3.63, 3.8) is 0 Å². The van der Waals surface area contributed by atoms with E-state index in [9.17, 15) is 14.9 Å². The topological polar surface area (TPSA) is 116 Å². The Hall–Kier alpha value is -2.88. The number of nitrogens with one attached hydrogen (secondary N) is 1. The van der Waals surface area contributed by atoms with Crippen LogP contribution in [-0.2, 0) is 9.53 Å². The van der Waals surface area contributed by atoms with E-state index in [4.69, 9.17) is 10.00 Å². The molecule has 2 rings (SSSR count). The first-order valence-corrected chi connectivity index (χ1v) is 9.71. The monoisotopic (exact) mass is 400 g/mol. The lowest BCUT2D eigenvalue weighted by Crippen LogP contribution is -2.22. The Balaban J connectivity index is 2.19. The van der Waals surface area contributed by atoms with E-state index in [1.807, 2.05) is 12.1 Å². The first-order chi connectivity index (χ1) is 12.9. The quantitative estimate of drug-likeness (QED) is 0.583. The summed E-state index contributed by atoms with van der Waals surface area (Å²) >= 11 is 2.37. The number of pyridine rings is 1. The second-order valence-corrected chi connectivity index (χ2v) is 7.58. The molecule has 0 radical (unpaired) electrons. The van der Waals surface area contributed by atoms with E-state index in [0.29, 0.717) is 21.3 Å². The van der Waals surface area contributed by atoms with E-state index in [2.05, 4.69) is 10.3 Å². The van der Waals surface area contributed by atoms with Crippen LogP contribution < -0.4 is 5.32 Å². The summed E-state index contributed by atoms with van der Waals surface area (Å²) in [6, 6.07) is 7.08. The lowest BCUT2D eigenvalue weighted by molar-refractivity contribution is -0.115. The molecule has 0 aromatic carbocycles. The van der Waals surface area contributed by atoms with Gasteiger partial charge in [-0.05, 0) is 38.3 Å². The maximum atomic E-state index is 12.4. The molecule has 9 heteroatoms. The lowest BCUT2D eigenvalue weighted by Gasteiger charge is -2.13. The standard InChI is InChI=1S/C18H16N4O3S2/c1-4-25-18(24)14-7-13(9-20)17(21-10(14)2)27-11(3)15(23)22-16-12(8-19)5-6-26-16/h5-7,11H,4H2,1-3H3,(H,22,23)/t11-/m0/s1. The summed E-state index contributed by atoms with van der Waals surface area (Å²) in [6.07, 6.45) is 0. The number of aromatic nitrogens is 1. The predicted octanol–water partition coefficient (Wildman–Crippen LogP) is 3.49. The fourth-order valence-electron chi connectivity index (χ4n) is 2.10. The summed E-state index contributed by atoms with van der Waals surface area (Å²) in [5, 5.41) is 23.1. The van der Waals surface area contributed by atoms with Gasteiger partial charge in [0.15, 0.2) is 0 Å². The number of hydrogen-bond acceptors (Lipinski definition) is 8. The Labute approximate surface area is 165 Å². The molecule has 0 saturated heterocycles. The van der Waals surface area contributed by atoms with E-state index in [0.717, 1.165) is 11.8 Å². The number of thiophene rings is 1. The van der Waals surface area contributed by atoms with Gasteiger partial charge in [0, 0.05) is 0 Å². The maximum absolute atomic E-state index is 12.4. The maximum Gasteiger partial charge on any atom is 0.340 e. The first-order valence-electron chi connectivity index (χ1n) is 7.95. The highest BCUT2D eigenvalue weighted by molar-refractivity contribution is 8.00. The van der Waals surface area contributed by atoms with Crippen LogP contribution in [0.25, 0.3) is 0 Å². The molecule has 27 heavy (non-hydrogen) atoms. The second kappa shape index (κ2) is 9.17. The molecule has 0 saturated carbocycles. The summed E-state index contributed by atoms with van der Waals surface area (Å²) < 4.78 is 4.96. The van der Waals surface area contributed by atoms with E-state index >= 15 is 0 Å². The average Bonchev–Trinajstić information content (AvgIpc) is 3.09. The molecule has 138 valence electrons. The third kappa shape index (κ3) is 4.85. The van der Waals surface area contributed by atoms with Gasteiger partial charge in [-0.2, -0.15) is 10.5 Å². The van der Waals surface area contributed by atoms with Crippen LogP contribution in [0.4, 0.5) is 5.00 Å². The Morgan fingerprint density at radius 2 is 2.07 bits per heavy atom. The Morgan fingerprint density at radius 3 is 2.70 bits per heavy atom. The van der Waals surface area contributed by atoms with E-state index < -0.39 is 11.2 Å². The van der Waals surface area contributed by atoms with Gasteiger partial charge in [-0.3, -0.25) is 4.79 Å². The molecule has 7 nitrogen and oxygen atoms in total.